The summed E-state index contributed by atoms with van der Waals surface area (Å²) in [5.41, 5.74) is 6.42. The van der Waals surface area contributed by atoms with E-state index in [-0.39, 0.29) is 31.1 Å². The normalized spacial score (nSPS) is 10.8. The molecule has 0 aliphatic heterocycles. The van der Waals surface area contributed by atoms with Crippen LogP contribution in [-0.4, -0.2) is 42.3 Å². The highest BCUT2D eigenvalue weighted by Gasteiger charge is 2.24. The molecule has 0 aliphatic rings. The molecule has 0 aliphatic carbocycles. The first-order chi connectivity index (χ1) is 16.3. The van der Waals surface area contributed by atoms with Crippen molar-refractivity contribution in [2.24, 2.45) is 0 Å². The molecule has 2 aromatic carbocycles. The van der Waals surface area contributed by atoms with Gasteiger partial charge in [-0.2, -0.15) is 0 Å². The zero-order valence-corrected chi connectivity index (χ0v) is 19.1. The summed E-state index contributed by atoms with van der Waals surface area (Å²) in [6, 6.07) is 13.7. The van der Waals surface area contributed by atoms with Crippen LogP contribution < -0.4 is 27.2 Å². The number of H-pyrrole nitrogens is 1. The highest BCUT2D eigenvalue weighted by Crippen LogP contribution is 2.19. The summed E-state index contributed by atoms with van der Waals surface area (Å²) < 4.78 is 20.1. The van der Waals surface area contributed by atoms with Crippen molar-refractivity contribution in [3.8, 4) is 0 Å². The first-order valence-corrected chi connectivity index (χ1v) is 10.8. The summed E-state index contributed by atoms with van der Waals surface area (Å²) >= 11 is 0. The van der Waals surface area contributed by atoms with E-state index >= 15 is 0 Å². The lowest BCUT2D eigenvalue weighted by Gasteiger charge is -2.25. The third kappa shape index (κ3) is 5.90. The van der Waals surface area contributed by atoms with Crippen LogP contribution in [0.25, 0.3) is 0 Å². The Labute approximate surface area is 196 Å². The van der Waals surface area contributed by atoms with Crippen molar-refractivity contribution in [3.05, 3.63) is 86.3 Å². The molecule has 0 radical (unpaired) electrons. The predicted octanol–water partition coefficient (Wildman–Crippen LogP) is 2.10. The standard InChI is InChI=1S/C24H28FN5O4/c1-16-9-10-18(13-19(16)25)27-14-20(31)29(11-6-12-34-2)21-22(26)30(24(33)28-23(21)32)15-17-7-4-3-5-8-17/h3-5,7-10,13,27H,6,11-12,14-15,26H2,1-2H3,(H,28,32,33). The topological polar surface area (TPSA) is 122 Å². The van der Waals surface area contributed by atoms with Gasteiger partial charge in [0.05, 0.1) is 13.1 Å². The van der Waals surface area contributed by atoms with Crippen LogP contribution in [0.2, 0.25) is 0 Å². The second-order valence-electron chi connectivity index (χ2n) is 7.77. The number of nitrogens with one attached hydrogen (secondary N) is 2. The highest BCUT2D eigenvalue weighted by molar-refractivity contribution is 5.98. The number of anilines is 3. The number of nitrogen functional groups attached to an aromatic ring is 1. The van der Waals surface area contributed by atoms with Crippen LogP contribution in [0.4, 0.5) is 21.6 Å². The SMILES string of the molecule is COCCCN(C(=O)CNc1ccc(C)c(F)c1)c1c(N)n(Cc2ccccc2)c(=O)[nH]c1=O. The zero-order valence-electron chi connectivity index (χ0n) is 19.1. The molecule has 4 N–H and O–H groups in total. The molecule has 0 saturated heterocycles. The van der Waals surface area contributed by atoms with Crippen molar-refractivity contribution in [1.82, 2.24) is 9.55 Å². The van der Waals surface area contributed by atoms with E-state index < -0.39 is 23.0 Å². The second kappa shape index (κ2) is 11.3. The molecule has 180 valence electrons. The Bertz CT molecular complexity index is 1260. The van der Waals surface area contributed by atoms with Crippen molar-refractivity contribution < 1.29 is 13.9 Å². The maximum absolute atomic E-state index is 13.9. The first kappa shape index (κ1) is 24.7. The molecule has 9 nitrogen and oxygen atoms in total. The molecule has 1 aromatic heterocycles. The third-order valence-electron chi connectivity index (χ3n) is 5.31. The van der Waals surface area contributed by atoms with Crippen LogP contribution in [0.15, 0.2) is 58.1 Å². The minimum atomic E-state index is -0.765. The van der Waals surface area contributed by atoms with Crippen molar-refractivity contribution >= 4 is 23.1 Å². The number of nitrogens with two attached hydrogens (primary N) is 1. The highest BCUT2D eigenvalue weighted by atomic mass is 19.1. The molecule has 1 heterocycles. The van der Waals surface area contributed by atoms with Crippen LogP contribution in [0.3, 0.4) is 0 Å². The quantitative estimate of drug-likeness (QED) is 0.391. The zero-order chi connectivity index (χ0) is 24.7. The van der Waals surface area contributed by atoms with Crippen molar-refractivity contribution in [1.29, 1.82) is 0 Å². The van der Waals surface area contributed by atoms with E-state index in [9.17, 15) is 18.8 Å². The number of amides is 1. The summed E-state index contributed by atoms with van der Waals surface area (Å²) in [7, 11) is 1.53. The smallest absolute Gasteiger partial charge is 0.330 e. The van der Waals surface area contributed by atoms with Gasteiger partial charge >= 0.3 is 5.69 Å². The number of nitrogens with zero attached hydrogens (tertiary/aromatic N) is 2. The number of aryl methyl sites for hydroxylation is 1. The lowest BCUT2D eigenvalue weighted by atomic mass is 10.2. The molecule has 34 heavy (non-hydrogen) atoms. The monoisotopic (exact) mass is 469 g/mol. The largest absolute Gasteiger partial charge is 0.385 e. The summed E-state index contributed by atoms with van der Waals surface area (Å²) in [6.45, 7) is 2.03. The number of hydrogen-bond acceptors (Lipinski definition) is 6. The molecule has 10 heteroatoms. The number of hydrogen-bond donors (Lipinski definition) is 3. The Morgan fingerprint density at radius 3 is 2.62 bits per heavy atom. The van der Waals surface area contributed by atoms with Crippen molar-refractivity contribution in [2.45, 2.75) is 19.9 Å². The first-order valence-electron chi connectivity index (χ1n) is 10.8. The van der Waals surface area contributed by atoms with Crippen LogP contribution in [0, 0.1) is 12.7 Å². The summed E-state index contributed by atoms with van der Waals surface area (Å²) in [5.74, 6) is -0.993. The van der Waals surface area contributed by atoms with Gasteiger partial charge < -0.3 is 20.7 Å². The van der Waals surface area contributed by atoms with Crippen LogP contribution in [0.5, 0.6) is 0 Å². The fourth-order valence-electron chi connectivity index (χ4n) is 3.47. The Kier molecular flexibility index (Phi) is 8.20. The number of aromatic nitrogens is 2. The van der Waals surface area contributed by atoms with E-state index in [1.807, 2.05) is 30.3 Å². The Hall–Kier alpha value is -3.92. The lowest BCUT2D eigenvalue weighted by molar-refractivity contribution is -0.117. The van der Waals surface area contributed by atoms with E-state index in [1.165, 1.54) is 22.6 Å². The molecule has 0 unspecified atom stereocenters. The average molecular weight is 470 g/mol. The van der Waals surface area contributed by atoms with Gasteiger partial charge in [-0.3, -0.25) is 19.1 Å². The Morgan fingerprint density at radius 2 is 1.94 bits per heavy atom. The summed E-state index contributed by atoms with van der Waals surface area (Å²) in [5, 5.41) is 2.87. The van der Waals surface area contributed by atoms with Gasteiger partial charge in [0.2, 0.25) is 5.91 Å². The number of aromatic amines is 1. The number of rotatable bonds is 10. The van der Waals surface area contributed by atoms with Crippen molar-refractivity contribution in [3.63, 3.8) is 0 Å². The average Bonchev–Trinajstić information content (AvgIpc) is 2.82. The summed E-state index contributed by atoms with van der Waals surface area (Å²) in [6.07, 6.45) is 0.429. The van der Waals surface area contributed by atoms with Crippen LogP contribution in [-0.2, 0) is 16.1 Å². The van der Waals surface area contributed by atoms with Gasteiger partial charge in [0.25, 0.3) is 5.56 Å². The molecule has 0 bridgehead atoms. The number of methoxy groups -OCH3 is 1. The number of carbonyl (C=O) groups excluding carboxylic acids is 1. The molecule has 0 atom stereocenters. The van der Waals surface area contributed by atoms with E-state index in [0.717, 1.165) is 5.56 Å². The Morgan fingerprint density at radius 1 is 1.21 bits per heavy atom. The van der Waals surface area contributed by atoms with Gasteiger partial charge in [-0.05, 0) is 36.6 Å². The van der Waals surface area contributed by atoms with Gasteiger partial charge in [-0.1, -0.05) is 36.4 Å². The molecule has 1 amide bonds. The minimum Gasteiger partial charge on any atom is -0.385 e. The van der Waals surface area contributed by atoms with Gasteiger partial charge in [0, 0.05) is 25.9 Å². The summed E-state index contributed by atoms with van der Waals surface area (Å²) in [4.78, 5) is 41.9. The molecular weight excluding hydrogens is 441 g/mol. The molecular formula is C24H28FN5O4. The van der Waals surface area contributed by atoms with E-state index in [1.54, 1.807) is 19.1 Å². The van der Waals surface area contributed by atoms with Gasteiger partial charge in [-0.25, -0.2) is 9.18 Å². The number of halogens is 1. The maximum atomic E-state index is 13.9. The number of ether oxygens (including phenoxy) is 1. The van der Waals surface area contributed by atoms with Crippen LogP contribution in [0.1, 0.15) is 17.5 Å². The minimum absolute atomic E-state index is 0.117. The van der Waals surface area contributed by atoms with E-state index in [0.29, 0.717) is 24.3 Å². The molecule has 0 saturated carbocycles. The molecule has 0 fully saturated rings. The van der Waals surface area contributed by atoms with E-state index in [2.05, 4.69) is 10.3 Å². The number of carbonyl (C=O) groups is 1. The molecule has 0 spiro atoms. The Balaban J connectivity index is 1.93. The van der Waals surface area contributed by atoms with E-state index in [4.69, 9.17) is 10.5 Å². The fourth-order valence-corrected chi connectivity index (χ4v) is 3.47. The van der Waals surface area contributed by atoms with Gasteiger partial charge in [0.15, 0.2) is 5.69 Å². The van der Waals surface area contributed by atoms with Crippen LogP contribution >= 0.6 is 0 Å². The number of benzene rings is 2. The van der Waals surface area contributed by atoms with Crippen molar-refractivity contribution in [2.75, 3.05) is 42.8 Å². The molecule has 3 rings (SSSR count). The van der Waals surface area contributed by atoms with Gasteiger partial charge in [-0.15, -0.1) is 0 Å². The predicted molar refractivity (Wildman–Crippen MR) is 130 cm³/mol. The maximum Gasteiger partial charge on any atom is 0.330 e. The van der Waals surface area contributed by atoms with Gasteiger partial charge in [0.1, 0.15) is 11.6 Å². The molecule has 3 aromatic rings. The lowest BCUT2D eigenvalue weighted by Crippen LogP contribution is -2.44. The third-order valence-corrected chi connectivity index (χ3v) is 5.31. The fraction of sp³-hybridized carbons (Fsp3) is 0.292. The second-order valence-corrected chi connectivity index (χ2v) is 7.77.